The molecule has 0 aliphatic rings. The molecule has 0 aliphatic heterocycles. The van der Waals surface area contributed by atoms with E-state index in [0.29, 0.717) is 24.6 Å². The van der Waals surface area contributed by atoms with Gasteiger partial charge in [0, 0.05) is 12.1 Å². The molecule has 0 fully saturated rings. The van der Waals surface area contributed by atoms with Gasteiger partial charge in [-0.2, -0.15) is 0 Å². The van der Waals surface area contributed by atoms with E-state index in [1.54, 1.807) is 0 Å². The van der Waals surface area contributed by atoms with Crippen LogP contribution >= 0.6 is 0 Å². The minimum Gasteiger partial charge on any atom is -0.493 e. The minimum absolute atomic E-state index is 0.108. The summed E-state index contributed by atoms with van der Waals surface area (Å²) in [5, 5.41) is 10.5. The Morgan fingerprint density at radius 1 is 1.53 bits per heavy atom. The summed E-state index contributed by atoms with van der Waals surface area (Å²) < 4.78 is 5.46. The van der Waals surface area contributed by atoms with Crippen molar-refractivity contribution in [3.8, 4) is 5.75 Å². The Morgan fingerprint density at radius 2 is 2.24 bits per heavy atom. The summed E-state index contributed by atoms with van der Waals surface area (Å²) in [5.74, 6) is 0.774. The molecule has 0 amide bonds. The number of carbonyl (C=O) groups is 1. The lowest BCUT2D eigenvalue weighted by Crippen LogP contribution is -2.08. The Hall–Kier alpha value is -1.91. The molecule has 0 N–H and O–H groups in total. The fraction of sp³-hybridized carbons (Fsp3) is 0.417. The van der Waals surface area contributed by atoms with Crippen LogP contribution in [0.25, 0.3) is 0 Å². The van der Waals surface area contributed by atoms with E-state index in [2.05, 4.69) is 0 Å². The molecule has 0 aromatic heterocycles. The van der Waals surface area contributed by atoms with Gasteiger partial charge in [-0.15, -0.1) is 0 Å². The summed E-state index contributed by atoms with van der Waals surface area (Å²) in [6.07, 6.45) is 1.54. The number of non-ortho nitro benzene ring substituents is 1. The first-order chi connectivity index (χ1) is 8.08. The maximum absolute atomic E-state index is 10.8. The third kappa shape index (κ3) is 3.55. The molecule has 1 rings (SSSR count). The number of rotatable bonds is 6. The molecule has 0 heterocycles. The van der Waals surface area contributed by atoms with Gasteiger partial charge in [-0.05, 0) is 12.0 Å². The van der Waals surface area contributed by atoms with Crippen LogP contribution in [0.3, 0.4) is 0 Å². The third-order valence-corrected chi connectivity index (χ3v) is 2.55. The minimum atomic E-state index is -0.536. The largest absolute Gasteiger partial charge is 0.493 e. The maximum Gasteiger partial charge on any atom is 0.270 e. The molecule has 1 atom stereocenters. The zero-order chi connectivity index (χ0) is 12.8. The van der Waals surface area contributed by atoms with Gasteiger partial charge in [-0.3, -0.25) is 14.9 Å². The van der Waals surface area contributed by atoms with E-state index in [-0.39, 0.29) is 11.3 Å². The highest BCUT2D eigenvalue weighted by Crippen LogP contribution is 2.23. The lowest BCUT2D eigenvalue weighted by Gasteiger charge is -2.12. The molecule has 92 valence electrons. The van der Waals surface area contributed by atoms with E-state index < -0.39 is 4.92 Å². The Kier molecular flexibility index (Phi) is 4.63. The van der Waals surface area contributed by atoms with E-state index in [1.165, 1.54) is 18.2 Å². The zero-order valence-electron chi connectivity index (χ0n) is 9.88. The first-order valence-electron chi connectivity index (χ1n) is 5.44. The van der Waals surface area contributed by atoms with Gasteiger partial charge in [-0.25, -0.2) is 0 Å². The van der Waals surface area contributed by atoms with Crippen LogP contribution in [-0.2, 0) is 0 Å². The van der Waals surface area contributed by atoms with Crippen LogP contribution in [0.4, 0.5) is 5.69 Å². The molecule has 1 aromatic rings. The Bertz CT molecular complexity index is 417. The number of nitro groups is 1. The summed E-state index contributed by atoms with van der Waals surface area (Å²) >= 11 is 0. The monoisotopic (exact) mass is 237 g/mol. The first-order valence-corrected chi connectivity index (χ1v) is 5.44. The van der Waals surface area contributed by atoms with Crippen molar-refractivity contribution in [2.75, 3.05) is 6.61 Å². The number of aldehydes is 1. The van der Waals surface area contributed by atoms with Crippen molar-refractivity contribution in [1.82, 2.24) is 0 Å². The topological polar surface area (TPSA) is 69.4 Å². The van der Waals surface area contributed by atoms with Gasteiger partial charge in [0.25, 0.3) is 5.69 Å². The first kappa shape index (κ1) is 13.2. The van der Waals surface area contributed by atoms with Crippen LogP contribution < -0.4 is 4.74 Å². The van der Waals surface area contributed by atoms with Crippen LogP contribution in [0.1, 0.15) is 30.6 Å². The van der Waals surface area contributed by atoms with Gasteiger partial charge in [-0.1, -0.05) is 20.3 Å². The molecule has 17 heavy (non-hydrogen) atoms. The maximum atomic E-state index is 10.8. The summed E-state index contributed by atoms with van der Waals surface area (Å²) in [6, 6.07) is 4.02. The molecule has 0 bridgehead atoms. The van der Waals surface area contributed by atoms with Gasteiger partial charge in [0.2, 0.25) is 0 Å². The van der Waals surface area contributed by atoms with Gasteiger partial charge in [0.05, 0.1) is 17.1 Å². The van der Waals surface area contributed by atoms with Crippen LogP contribution in [0.5, 0.6) is 5.75 Å². The average molecular weight is 237 g/mol. The molecule has 0 saturated heterocycles. The second-order valence-electron chi connectivity index (χ2n) is 3.92. The molecule has 1 unspecified atom stereocenters. The molecule has 0 spiro atoms. The second kappa shape index (κ2) is 5.98. The second-order valence-corrected chi connectivity index (χ2v) is 3.92. The lowest BCUT2D eigenvalue weighted by molar-refractivity contribution is -0.384. The molecule has 1 aromatic carbocycles. The Morgan fingerprint density at radius 3 is 2.76 bits per heavy atom. The van der Waals surface area contributed by atoms with Gasteiger partial charge in [0.15, 0.2) is 6.29 Å². The van der Waals surface area contributed by atoms with E-state index in [9.17, 15) is 14.9 Å². The van der Waals surface area contributed by atoms with Crippen LogP contribution in [0.15, 0.2) is 18.2 Å². The molecular weight excluding hydrogens is 222 g/mol. The number of benzene rings is 1. The van der Waals surface area contributed by atoms with Crippen LogP contribution in [-0.4, -0.2) is 17.8 Å². The Labute approximate surface area is 99.5 Å². The average Bonchev–Trinajstić information content (AvgIpc) is 2.35. The van der Waals surface area contributed by atoms with Crippen LogP contribution in [0.2, 0.25) is 0 Å². The van der Waals surface area contributed by atoms with E-state index in [1.807, 2.05) is 13.8 Å². The fourth-order valence-corrected chi connectivity index (χ4v) is 1.22. The van der Waals surface area contributed by atoms with Crippen molar-refractivity contribution in [2.24, 2.45) is 5.92 Å². The van der Waals surface area contributed by atoms with E-state index in [4.69, 9.17) is 4.74 Å². The van der Waals surface area contributed by atoms with Crippen molar-refractivity contribution < 1.29 is 14.5 Å². The van der Waals surface area contributed by atoms with Crippen molar-refractivity contribution in [2.45, 2.75) is 20.3 Å². The van der Waals surface area contributed by atoms with Crippen LogP contribution in [0, 0.1) is 16.0 Å². The molecule has 5 heteroatoms. The zero-order valence-corrected chi connectivity index (χ0v) is 9.88. The van der Waals surface area contributed by atoms with Crippen molar-refractivity contribution in [1.29, 1.82) is 0 Å². The molecule has 0 aliphatic carbocycles. The third-order valence-electron chi connectivity index (χ3n) is 2.55. The normalized spacial score (nSPS) is 11.9. The number of ether oxygens (including phenoxy) is 1. The number of nitro benzene ring substituents is 1. The van der Waals surface area contributed by atoms with Gasteiger partial charge < -0.3 is 4.74 Å². The fourth-order valence-electron chi connectivity index (χ4n) is 1.22. The van der Waals surface area contributed by atoms with Gasteiger partial charge >= 0.3 is 0 Å². The number of hydrogen-bond acceptors (Lipinski definition) is 4. The lowest BCUT2D eigenvalue weighted by atomic mass is 10.1. The van der Waals surface area contributed by atoms with Crippen molar-refractivity contribution in [3.63, 3.8) is 0 Å². The highest BCUT2D eigenvalue weighted by atomic mass is 16.6. The Balaban J connectivity index is 2.85. The number of hydrogen-bond donors (Lipinski definition) is 0. The molecule has 5 nitrogen and oxygen atoms in total. The van der Waals surface area contributed by atoms with E-state index >= 15 is 0 Å². The quantitative estimate of drug-likeness (QED) is 0.433. The number of carbonyl (C=O) groups excluding carboxylic acids is 1. The SMILES string of the molecule is CCC(C)COc1ccc([N+](=O)[O-])cc1C=O. The summed E-state index contributed by atoms with van der Waals surface area (Å²) in [6.45, 7) is 4.58. The molecule has 0 saturated carbocycles. The standard InChI is InChI=1S/C12H15NO4/c1-3-9(2)8-17-12-5-4-11(13(15)16)6-10(12)7-14/h4-7,9H,3,8H2,1-2H3. The van der Waals surface area contributed by atoms with Gasteiger partial charge in [0.1, 0.15) is 5.75 Å². The van der Waals surface area contributed by atoms with Crippen molar-refractivity contribution in [3.05, 3.63) is 33.9 Å². The molecule has 0 radical (unpaired) electrons. The predicted molar refractivity (Wildman–Crippen MR) is 63.4 cm³/mol. The highest BCUT2D eigenvalue weighted by Gasteiger charge is 2.11. The summed E-state index contributed by atoms with van der Waals surface area (Å²) in [4.78, 5) is 20.8. The van der Waals surface area contributed by atoms with Crippen molar-refractivity contribution >= 4 is 12.0 Å². The highest BCUT2D eigenvalue weighted by molar-refractivity contribution is 5.80. The number of nitrogens with zero attached hydrogens (tertiary/aromatic N) is 1. The summed E-state index contributed by atoms with van der Waals surface area (Å²) in [5.41, 5.74) is 0.102. The smallest absolute Gasteiger partial charge is 0.270 e. The van der Waals surface area contributed by atoms with E-state index in [0.717, 1.165) is 6.42 Å². The predicted octanol–water partition coefficient (Wildman–Crippen LogP) is 2.83. The molecular formula is C12H15NO4. The summed E-state index contributed by atoms with van der Waals surface area (Å²) in [7, 11) is 0.